The molecule has 0 atom stereocenters. The van der Waals surface area contributed by atoms with E-state index in [1.165, 1.54) is 0 Å². The summed E-state index contributed by atoms with van der Waals surface area (Å²) in [5.74, 6) is 0. The lowest BCUT2D eigenvalue weighted by Gasteiger charge is -2.06. The van der Waals surface area contributed by atoms with Gasteiger partial charge < -0.3 is 5.32 Å². The van der Waals surface area contributed by atoms with Crippen LogP contribution in [0.3, 0.4) is 0 Å². The summed E-state index contributed by atoms with van der Waals surface area (Å²) < 4.78 is 0. The lowest BCUT2D eigenvalue weighted by atomic mass is 10.1. The summed E-state index contributed by atoms with van der Waals surface area (Å²) in [5.41, 5.74) is 3.16. The minimum atomic E-state index is 0.653. The third-order valence-corrected chi connectivity index (χ3v) is 2.96. The van der Waals surface area contributed by atoms with Crippen LogP contribution in [-0.4, -0.2) is 7.05 Å². The molecule has 2 rings (SSSR count). The molecule has 16 heavy (non-hydrogen) atoms. The number of hydrogen-bond acceptors (Lipinski definition) is 1. The van der Waals surface area contributed by atoms with Crippen molar-refractivity contribution in [3.8, 4) is 11.1 Å². The van der Waals surface area contributed by atoms with Crippen LogP contribution < -0.4 is 5.32 Å². The van der Waals surface area contributed by atoms with E-state index >= 15 is 0 Å². The molecule has 0 heterocycles. The quantitative estimate of drug-likeness (QED) is 0.816. The molecular formula is C13H11Cl2N. The van der Waals surface area contributed by atoms with Crippen LogP contribution in [0.5, 0.6) is 0 Å². The fourth-order valence-electron chi connectivity index (χ4n) is 1.54. The third kappa shape index (κ3) is 2.31. The molecule has 1 nitrogen and oxygen atoms in total. The highest BCUT2D eigenvalue weighted by Gasteiger charge is 2.03. The molecule has 0 saturated carbocycles. The van der Waals surface area contributed by atoms with Crippen molar-refractivity contribution in [2.24, 2.45) is 0 Å². The van der Waals surface area contributed by atoms with Gasteiger partial charge in [0.15, 0.2) is 0 Å². The van der Waals surface area contributed by atoms with Crippen molar-refractivity contribution in [1.29, 1.82) is 0 Å². The minimum Gasteiger partial charge on any atom is -0.388 e. The minimum absolute atomic E-state index is 0.653. The first-order valence-corrected chi connectivity index (χ1v) is 5.69. The predicted molar refractivity (Wildman–Crippen MR) is 71.4 cm³/mol. The summed E-state index contributed by atoms with van der Waals surface area (Å²) in [6, 6.07) is 13.6. The molecule has 3 heteroatoms. The van der Waals surface area contributed by atoms with Gasteiger partial charge in [-0.05, 0) is 29.8 Å². The summed E-state index contributed by atoms with van der Waals surface area (Å²) in [7, 11) is 1.89. The maximum atomic E-state index is 6.14. The second-order valence-corrected chi connectivity index (χ2v) is 4.30. The van der Waals surface area contributed by atoms with E-state index in [1.807, 2.05) is 43.4 Å². The Bertz CT molecular complexity index is 492. The molecule has 0 amide bonds. The van der Waals surface area contributed by atoms with Crippen LogP contribution in [0.25, 0.3) is 11.1 Å². The number of anilines is 1. The van der Waals surface area contributed by atoms with Crippen LogP contribution in [-0.2, 0) is 0 Å². The topological polar surface area (TPSA) is 12.0 Å². The van der Waals surface area contributed by atoms with Gasteiger partial charge in [0.1, 0.15) is 0 Å². The van der Waals surface area contributed by atoms with Gasteiger partial charge in [-0.1, -0.05) is 41.4 Å². The molecule has 0 spiro atoms. The standard InChI is InChI=1S/C13H11Cl2N/c1-16-11-5-2-9(3-6-11)12-7-4-10(14)8-13(12)15/h2-8,16H,1H3. The van der Waals surface area contributed by atoms with Crippen LogP contribution in [0.15, 0.2) is 42.5 Å². The zero-order valence-corrected chi connectivity index (χ0v) is 10.3. The summed E-state index contributed by atoms with van der Waals surface area (Å²) in [5, 5.41) is 4.40. The summed E-state index contributed by atoms with van der Waals surface area (Å²) >= 11 is 12.0. The number of hydrogen-bond donors (Lipinski definition) is 1. The highest BCUT2D eigenvalue weighted by atomic mass is 35.5. The summed E-state index contributed by atoms with van der Waals surface area (Å²) in [6.07, 6.45) is 0. The normalized spacial score (nSPS) is 10.2. The highest BCUT2D eigenvalue weighted by molar-refractivity contribution is 6.36. The van der Waals surface area contributed by atoms with E-state index in [1.54, 1.807) is 6.07 Å². The van der Waals surface area contributed by atoms with E-state index in [-0.39, 0.29) is 0 Å². The van der Waals surface area contributed by atoms with Gasteiger partial charge in [0.2, 0.25) is 0 Å². The molecule has 0 aliphatic heterocycles. The van der Waals surface area contributed by atoms with Gasteiger partial charge >= 0.3 is 0 Å². The molecule has 1 N–H and O–H groups in total. The van der Waals surface area contributed by atoms with Gasteiger partial charge in [-0.2, -0.15) is 0 Å². The average Bonchev–Trinajstić information content (AvgIpc) is 2.29. The number of nitrogens with one attached hydrogen (secondary N) is 1. The Morgan fingerprint density at radius 1 is 0.938 bits per heavy atom. The van der Waals surface area contributed by atoms with E-state index in [2.05, 4.69) is 5.32 Å². The second kappa shape index (κ2) is 4.77. The van der Waals surface area contributed by atoms with Crippen LogP contribution >= 0.6 is 23.2 Å². The molecule has 2 aromatic rings. The van der Waals surface area contributed by atoms with Gasteiger partial charge in [-0.15, -0.1) is 0 Å². The van der Waals surface area contributed by atoms with Crippen molar-refractivity contribution >= 4 is 28.9 Å². The third-order valence-electron chi connectivity index (χ3n) is 2.42. The molecule has 2 aromatic carbocycles. The second-order valence-electron chi connectivity index (χ2n) is 3.45. The van der Waals surface area contributed by atoms with Crippen molar-refractivity contribution < 1.29 is 0 Å². The number of rotatable bonds is 2. The SMILES string of the molecule is CNc1ccc(-c2ccc(Cl)cc2Cl)cc1. The van der Waals surface area contributed by atoms with Crippen molar-refractivity contribution in [2.45, 2.75) is 0 Å². The molecular weight excluding hydrogens is 241 g/mol. The fraction of sp³-hybridized carbons (Fsp3) is 0.0769. The zero-order valence-electron chi connectivity index (χ0n) is 8.80. The largest absolute Gasteiger partial charge is 0.388 e. The maximum Gasteiger partial charge on any atom is 0.0499 e. The Balaban J connectivity index is 2.42. The Labute approximate surface area is 105 Å². The van der Waals surface area contributed by atoms with E-state index < -0.39 is 0 Å². The molecule has 0 aliphatic rings. The molecule has 0 radical (unpaired) electrons. The van der Waals surface area contributed by atoms with Gasteiger partial charge in [0.05, 0.1) is 0 Å². The maximum absolute atomic E-state index is 6.14. The highest BCUT2D eigenvalue weighted by Crippen LogP contribution is 2.30. The lowest BCUT2D eigenvalue weighted by molar-refractivity contribution is 1.51. The molecule has 0 unspecified atom stereocenters. The predicted octanol–water partition coefficient (Wildman–Crippen LogP) is 4.70. The summed E-state index contributed by atoms with van der Waals surface area (Å²) in [4.78, 5) is 0. The Hall–Kier alpha value is -1.18. The zero-order chi connectivity index (χ0) is 11.5. The molecule has 0 bridgehead atoms. The monoisotopic (exact) mass is 251 g/mol. The molecule has 82 valence electrons. The number of halogens is 2. The Morgan fingerprint density at radius 3 is 2.19 bits per heavy atom. The van der Waals surface area contributed by atoms with Crippen LogP contribution in [0.4, 0.5) is 5.69 Å². The molecule has 0 aromatic heterocycles. The first-order valence-electron chi connectivity index (χ1n) is 4.94. The molecule has 0 saturated heterocycles. The van der Waals surface area contributed by atoms with Gasteiger partial charge in [0, 0.05) is 28.3 Å². The number of benzene rings is 2. The van der Waals surface area contributed by atoms with Crippen LogP contribution in [0.1, 0.15) is 0 Å². The van der Waals surface area contributed by atoms with Crippen molar-refractivity contribution in [2.75, 3.05) is 12.4 Å². The van der Waals surface area contributed by atoms with E-state index in [0.717, 1.165) is 16.8 Å². The molecule has 0 fully saturated rings. The van der Waals surface area contributed by atoms with Crippen molar-refractivity contribution in [3.05, 3.63) is 52.5 Å². The van der Waals surface area contributed by atoms with E-state index in [4.69, 9.17) is 23.2 Å². The Kier molecular flexibility index (Phi) is 3.37. The van der Waals surface area contributed by atoms with Crippen LogP contribution in [0.2, 0.25) is 10.0 Å². The Morgan fingerprint density at radius 2 is 1.62 bits per heavy atom. The van der Waals surface area contributed by atoms with E-state index in [0.29, 0.717) is 10.0 Å². The first-order chi connectivity index (χ1) is 7.70. The van der Waals surface area contributed by atoms with Crippen molar-refractivity contribution in [1.82, 2.24) is 0 Å². The molecule has 0 aliphatic carbocycles. The van der Waals surface area contributed by atoms with Crippen molar-refractivity contribution in [3.63, 3.8) is 0 Å². The lowest BCUT2D eigenvalue weighted by Crippen LogP contribution is -1.87. The average molecular weight is 252 g/mol. The van der Waals surface area contributed by atoms with Gasteiger partial charge in [-0.25, -0.2) is 0 Å². The first kappa shape index (κ1) is 11.3. The summed E-state index contributed by atoms with van der Waals surface area (Å²) in [6.45, 7) is 0. The van der Waals surface area contributed by atoms with Crippen LogP contribution in [0, 0.1) is 0 Å². The fourth-order valence-corrected chi connectivity index (χ4v) is 2.06. The van der Waals surface area contributed by atoms with Gasteiger partial charge in [0.25, 0.3) is 0 Å². The smallest absolute Gasteiger partial charge is 0.0499 e. The van der Waals surface area contributed by atoms with Gasteiger partial charge in [-0.3, -0.25) is 0 Å². The van der Waals surface area contributed by atoms with E-state index in [9.17, 15) is 0 Å².